The fourth-order valence-electron chi connectivity index (χ4n) is 2.47. The van der Waals surface area contributed by atoms with Crippen LogP contribution in [0.1, 0.15) is 5.56 Å². The number of nitrogens with zero attached hydrogens (tertiary/aromatic N) is 1. The van der Waals surface area contributed by atoms with Crippen LogP contribution in [0.5, 0.6) is 5.75 Å². The number of aryl methyl sites for hydroxylation is 1. The third-order valence-corrected chi connectivity index (χ3v) is 5.32. The lowest BCUT2D eigenvalue weighted by Crippen LogP contribution is -2.15. The number of anilines is 3. The van der Waals surface area contributed by atoms with Crippen LogP contribution in [-0.4, -0.2) is 20.5 Å². The highest BCUT2D eigenvalue weighted by molar-refractivity contribution is 7.92. The summed E-state index contributed by atoms with van der Waals surface area (Å²) < 4.78 is 45.7. The Labute approximate surface area is 157 Å². The molecular formula is C19H18FN3O3S. The van der Waals surface area contributed by atoms with Crippen LogP contribution in [0.15, 0.2) is 65.7 Å². The van der Waals surface area contributed by atoms with Crippen LogP contribution >= 0.6 is 0 Å². The van der Waals surface area contributed by atoms with Crippen molar-refractivity contribution in [3.63, 3.8) is 0 Å². The van der Waals surface area contributed by atoms with Crippen molar-refractivity contribution in [1.82, 2.24) is 4.98 Å². The monoisotopic (exact) mass is 387 g/mol. The van der Waals surface area contributed by atoms with Gasteiger partial charge in [0.1, 0.15) is 17.4 Å². The quantitative estimate of drug-likeness (QED) is 0.666. The number of rotatable bonds is 6. The largest absolute Gasteiger partial charge is 0.497 e. The predicted molar refractivity (Wildman–Crippen MR) is 102 cm³/mol. The molecule has 0 saturated heterocycles. The van der Waals surface area contributed by atoms with E-state index in [4.69, 9.17) is 4.74 Å². The maximum atomic E-state index is 12.9. The highest BCUT2D eigenvalue weighted by atomic mass is 32.2. The lowest BCUT2D eigenvalue weighted by Gasteiger charge is -2.11. The molecule has 0 spiro atoms. The lowest BCUT2D eigenvalue weighted by atomic mass is 10.2. The van der Waals surface area contributed by atoms with E-state index in [-0.39, 0.29) is 16.5 Å². The standard InChI is InChI=1S/C19H18FN3O3S/c1-13-11-17(26-2)8-9-18(13)27(24,25)23-19-10-7-16(12-21-19)22-15-5-3-14(20)4-6-15/h3-12,22H,1-2H3,(H,21,23). The van der Waals surface area contributed by atoms with E-state index in [1.54, 1.807) is 43.3 Å². The lowest BCUT2D eigenvalue weighted by molar-refractivity contribution is 0.414. The second kappa shape index (κ2) is 7.63. The zero-order valence-electron chi connectivity index (χ0n) is 14.7. The second-order valence-electron chi connectivity index (χ2n) is 5.80. The van der Waals surface area contributed by atoms with E-state index in [1.165, 1.54) is 31.5 Å². The molecular weight excluding hydrogens is 369 g/mol. The van der Waals surface area contributed by atoms with Gasteiger partial charge < -0.3 is 10.1 Å². The summed E-state index contributed by atoms with van der Waals surface area (Å²) in [6.07, 6.45) is 1.49. The van der Waals surface area contributed by atoms with E-state index in [0.29, 0.717) is 22.7 Å². The molecule has 0 bridgehead atoms. The van der Waals surface area contributed by atoms with E-state index < -0.39 is 10.0 Å². The molecule has 0 amide bonds. The van der Waals surface area contributed by atoms with Gasteiger partial charge in [0.15, 0.2) is 0 Å². The number of benzene rings is 2. The number of hydrogen-bond donors (Lipinski definition) is 2. The Morgan fingerprint density at radius 1 is 1.00 bits per heavy atom. The Bertz CT molecular complexity index is 1040. The highest BCUT2D eigenvalue weighted by Crippen LogP contribution is 2.23. The van der Waals surface area contributed by atoms with Gasteiger partial charge in [-0.25, -0.2) is 17.8 Å². The molecule has 0 aliphatic heterocycles. The number of pyridine rings is 1. The van der Waals surface area contributed by atoms with Crippen LogP contribution in [0.4, 0.5) is 21.6 Å². The molecule has 0 atom stereocenters. The van der Waals surface area contributed by atoms with Gasteiger partial charge in [-0.05, 0) is 67.1 Å². The summed E-state index contributed by atoms with van der Waals surface area (Å²) in [4.78, 5) is 4.27. The van der Waals surface area contributed by atoms with Crippen LogP contribution in [0, 0.1) is 12.7 Å². The molecule has 8 heteroatoms. The summed E-state index contributed by atoms with van der Waals surface area (Å²) in [5.41, 5.74) is 1.90. The van der Waals surface area contributed by atoms with Gasteiger partial charge in [-0.1, -0.05) is 0 Å². The molecule has 2 aromatic carbocycles. The number of halogens is 1. The molecule has 6 nitrogen and oxygen atoms in total. The maximum Gasteiger partial charge on any atom is 0.263 e. The van der Waals surface area contributed by atoms with Crippen molar-refractivity contribution in [2.45, 2.75) is 11.8 Å². The number of sulfonamides is 1. The minimum Gasteiger partial charge on any atom is -0.497 e. The Morgan fingerprint density at radius 3 is 2.30 bits per heavy atom. The zero-order valence-corrected chi connectivity index (χ0v) is 15.5. The first-order valence-electron chi connectivity index (χ1n) is 8.03. The summed E-state index contributed by atoms with van der Waals surface area (Å²) in [7, 11) is -2.26. The van der Waals surface area contributed by atoms with Gasteiger partial charge in [0.25, 0.3) is 10.0 Å². The Balaban J connectivity index is 1.74. The summed E-state index contributed by atoms with van der Waals surface area (Å²) in [6.45, 7) is 1.69. The molecule has 27 heavy (non-hydrogen) atoms. The van der Waals surface area contributed by atoms with Crippen molar-refractivity contribution in [1.29, 1.82) is 0 Å². The van der Waals surface area contributed by atoms with Crippen LogP contribution in [0.2, 0.25) is 0 Å². The van der Waals surface area contributed by atoms with E-state index in [2.05, 4.69) is 15.0 Å². The van der Waals surface area contributed by atoms with Crippen molar-refractivity contribution in [3.8, 4) is 5.75 Å². The summed E-state index contributed by atoms with van der Waals surface area (Å²) in [5.74, 6) is 0.452. The van der Waals surface area contributed by atoms with Gasteiger partial charge in [0, 0.05) is 5.69 Å². The molecule has 140 valence electrons. The fourth-order valence-corrected chi connectivity index (χ4v) is 3.71. The molecule has 1 aromatic heterocycles. The zero-order chi connectivity index (χ0) is 19.4. The maximum absolute atomic E-state index is 12.9. The molecule has 3 aromatic rings. The SMILES string of the molecule is COc1ccc(S(=O)(=O)Nc2ccc(Nc3ccc(F)cc3)cn2)c(C)c1. The normalized spacial score (nSPS) is 11.1. The van der Waals surface area contributed by atoms with Crippen molar-refractivity contribution >= 4 is 27.2 Å². The smallest absolute Gasteiger partial charge is 0.263 e. The summed E-state index contributed by atoms with van der Waals surface area (Å²) in [6, 6.07) is 13.8. The number of hydrogen-bond acceptors (Lipinski definition) is 5. The summed E-state index contributed by atoms with van der Waals surface area (Å²) >= 11 is 0. The minimum absolute atomic E-state index is 0.151. The number of methoxy groups -OCH3 is 1. The van der Waals surface area contributed by atoms with Crippen molar-refractivity contribution in [2.24, 2.45) is 0 Å². The highest BCUT2D eigenvalue weighted by Gasteiger charge is 2.18. The molecule has 2 N–H and O–H groups in total. The first-order valence-corrected chi connectivity index (χ1v) is 9.52. The second-order valence-corrected chi connectivity index (χ2v) is 7.45. The molecule has 0 saturated carbocycles. The Hall–Kier alpha value is -3.13. The van der Waals surface area contributed by atoms with Crippen molar-refractivity contribution < 1.29 is 17.5 Å². The molecule has 1 heterocycles. The van der Waals surface area contributed by atoms with E-state index >= 15 is 0 Å². The van der Waals surface area contributed by atoms with E-state index in [0.717, 1.165) is 0 Å². The first-order chi connectivity index (χ1) is 12.9. The average molecular weight is 387 g/mol. The van der Waals surface area contributed by atoms with Crippen LogP contribution < -0.4 is 14.8 Å². The van der Waals surface area contributed by atoms with Gasteiger partial charge in [-0.3, -0.25) is 4.72 Å². The third-order valence-electron chi connectivity index (χ3n) is 3.81. The Morgan fingerprint density at radius 2 is 1.70 bits per heavy atom. The van der Waals surface area contributed by atoms with Crippen molar-refractivity contribution in [3.05, 3.63) is 72.2 Å². The van der Waals surface area contributed by atoms with Crippen LogP contribution in [-0.2, 0) is 10.0 Å². The van der Waals surface area contributed by atoms with Crippen molar-refractivity contribution in [2.75, 3.05) is 17.1 Å². The molecule has 3 rings (SSSR count). The Kier molecular flexibility index (Phi) is 5.27. The first kappa shape index (κ1) is 18.7. The molecule has 0 aliphatic carbocycles. The van der Waals surface area contributed by atoms with E-state index in [9.17, 15) is 12.8 Å². The molecule has 0 radical (unpaired) electrons. The minimum atomic E-state index is -3.78. The number of aromatic nitrogens is 1. The molecule has 0 unspecified atom stereocenters. The molecule has 0 fully saturated rings. The van der Waals surface area contributed by atoms with Gasteiger partial charge in [0.2, 0.25) is 0 Å². The van der Waals surface area contributed by atoms with Crippen LogP contribution in [0.3, 0.4) is 0 Å². The molecule has 0 aliphatic rings. The van der Waals surface area contributed by atoms with Gasteiger partial charge in [0.05, 0.1) is 23.9 Å². The third kappa shape index (κ3) is 4.53. The topological polar surface area (TPSA) is 80.3 Å². The predicted octanol–water partition coefficient (Wildman–Crippen LogP) is 4.08. The number of ether oxygens (including phenoxy) is 1. The van der Waals surface area contributed by atoms with E-state index in [1.807, 2.05) is 0 Å². The van der Waals surface area contributed by atoms with Crippen LogP contribution in [0.25, 0.3) is 0 Å². The summed E-state index contributed by atoms with van der Waals surface area (Å²) in [5, 5.41) is 3.05. The fraction of sp³-hybridized carbons (Fsp3) is 0.105. The number of nitrogens with one attached hydrogen (secondary N) is 2. The van der Waals surface area contributed by atoms with Gasteiger partial charge in [-0.15, -0.1) is 0 Å². The van der Waals surface area contributed by atoms with Gasteiger partial charge in [-0.2, -0.15) is 0 Å². The average Bonchev–Trinajstić information content (AvgIpc) is 2.64. The van der Waals surface area contributed by atoms with Gasteiger partial charge >= 0.3 is 0 Å².